The number of nitrogens with one attached hydrogen (secondary N) is 1. The standard InChI is InChI=1S/C15H23N2/c1-13(10-14-6-3-2-4-7-14)17-12-15-8-5-9-16-11-15/h5,8-9,13-14,17H,2-4,6-7,10,12H2,1H3. The molecule has 1 heterocycles. The van der Waals surface area contributed by atoms with Crippen LogP contribution in [-0.4, -0.2) is 11.0 Å². The van der Waals surface area contributed by atoms with Gasteiger partial charge in [-0.1, -0.05) is 38.2 Å². The zero-order chi connectivity index (χ0) is 11.9. The molecular weight excluding hydrogens is 208 g/mol. The molecule has 0 bridgehead atoms. The third kappa shape index (κ3) is 4.47. The number of aromatic nitrogens is 1. The van der Waals surface area contributed by atoms with E-state index in [1.165, 1.54) is 38.5 Å². The quantitative estimate of drug-likeness (QED) is 0.840. The molecule has 0 aliphatic heterocycles. The van der Waals surface area contributed by atoms with Crippen molar-refractivity contribution in [1.82, 2.24) is 10.3 Å². The monoisotopic (exact) mass is 231 g/mol. The van der Waals surface area contributed by atoms with Crippen molar-refractivity contribution in [3.63, 3.8) is 0 Å². The van der Waals surface area contributed by atoms with Crippen molar-refractivity contribution >= 4 is 0 Å². The van der Waals surface area contributed by atoms with E-state index in [2.05, 4.69) is 29.5 Å². The van der Waals surface area contributed by atoms with Crippen LogP contribution in [0.4, 0.5) is 0 Å². The average Bonchev–Trinajstić information content (AvgIpc) is 2.39. The first kappa shape index (κ1) is 12.6. The molecule has 2 rings (SSSR count). The summed E-state index contributed by atoms with van der Waals surface area (Å²) in [6.07, 6.45) is 13.3. The van der Waals surface area contributed by atoms with Crippen molar-refractivity contribution in [1.29, 1.82) is 0 Å². The Kier molecular flexibility index (Phi) is 4.99. The van der Waals surface area contributed by atoms with Crippen LogP contribution in [-0.2, 0) is 6.54 Å². The van der Waals surface area contributed by atoms with Gasteiger partial charge in [0.25, 0.3) is 0 Å². The molecule has 0 saturated heterocycles. The summed E-state index contributed by atoms with van der Waals surface area (Å²) >= 11 is 0. The van der Waals surface area contributed by atoms with Crippen LogP contribution >= 0.6 is 0 Å². The molecule has 0 amide bonds. The molecule has 1 aliphatic rings. The second-order valence-corrected chi connectivity index (χ2v) is 5.30. The first-order valence-electron chi connectivity index (χ1n) is 6.89. The molecule has 1 fully saturated rings. The van der Waals surface area contributed by atoms with E-state index < -0.39 is 0 Å². The molecule has 1 aliphatic carbocycles. The number of pyridine rings is 1. The SMILES string of the molecule is CC(CC1CCCCC1)NCc1[c]nccc1. The molecule has 17 heavy (non-hydrogen) atoms. The van der Waals surface area contributed by atoms with Crippen molar-refractivity contribution in [2.24, 2.45) is 5.92 Å². The van der Waals surface area contributed by atoms with Crippen molar-refractivity contribution in [3.05, 3.63) is 30.1 Å². The highest BCUT2D eigenvalue weighted by Crippen LogP contribution is 2.27. The summed E-state index contributed by atoms with van der Waals surface area (Å²) in [5, 5.41) is 3.57. The van der Waals surface area contributed by atoms with Gasteiger partial charge in [-0.2, -0.15) is 0 Å². The third-order valence-electron chi connectivity index (χ3n) is 3.72. The minimum atomic E-state index is 0.603. The van der Waals surface area contributed by atoms with Gasteiger partial charge in [0.05, 0.1) is 6.20 Å². The first-order chi connectivity index (χ1) is 8.34. The minimum absolute atomic E-state index is 0.603. The normalized spacial score (nSPS) is 19.1. The van der Waals surface area contributed by atoms with Gasteiger partial charge >= 0.3 is 0 Å². The van der Waals surface area contributed by atoms with E-state index in [-0.39, 0.29) is 0 Å². The molecule has 1 unspecified atom stereocenters. The van der Waals surface area contributed by atoms with E-state index in [1.54, 1.807) is 6.20 Å². The molecular formula is C15H23N2. The fraction of sp³-hybridized carbons (Fsp3) is 0.667. The zero-order valence-electron chi connectivity index (χ0n) is 10.8. The molecule has 1 saturated carbocycles. The van der Waals surface area contributed by atoms with Gasteiger partial charge in [0.15, 0.2) is 0 Å². The zero-order valence-corrected chi connectivity index (χ0v) is 10.8. The van der Waals surface area contributed by atoms with E-state index >= 15 is 0 Å². The van der Waals surface area contributed by atoms with Gasteiger partial charge in [-0.25, -0.2) is 0 Å². The summed E-state index contributed by atoms with van der Waals surface area (Å²) in [6.45, 7) is 3.19. The van der Waals surface area contributed by atoms with Crippen molar-refractivity contribution < 1.29 is 0 Å². The van der Waals surface area contributed by atoms with Gasteiger partial charge in [0.2, 0.25) is 0 Å². The summed E-state index contributed by atoms with van der Waals surface area (Å²) in [5.74, 6) is 0.948. The molecule has 2 nitrogen and oxygen atoms in total. The van der Waals surface area contributed by atoms with Crippen molar-refractivity contribution in [2.75, 3.05) is 0 Å². The molecule has 93 valence electrons. The Bertz CT molecular complexity index is 304. The maximum Gasteiger partial charge on any atom is 0.0934 e. The fourth-order valence-corrected chi connectivity index (χ4v) is 2.75. The Morgan fingerprint density at radius 2 is 2.24 bits per heavy atom. The largest absolute Gasteiger partial charge is 0.310 e. The summed E-state index contributed by atoms with van der Waals surface area (Å²) < 4.78 is 0. The fourth-order valence-electron chi connectivity index (χ4n) is 2.75. The number of rotatable bonds is 5. The topological polar surface area (TPSA) is 24.9 Å². The number of hydrogen-bond acceptors (Lipinski definition) is 2. The summed E-state index contributed by atoms with van der Waals surface area (Å²) in [5.41, 5.74) is 1.16. The van der Waals surface area contributed by atoms with Gasteiger partial charge in [-0.3, -0.25) is 4.98 Å². The second-order valence-electron chi connectivity index (χ2n) is 5.30. The number of hydrogen-bond donors (Lipinski definition) is 1. The highest BCUT2D eigenvalue weighted by Gasteiger charge is 2.15. The van der Waals surface area contributed by atoms with Gasteiger partial charge in [0.1, 0.15) is 0 Å². The smallest absolute Gasteiger partial charge is 0.0934 e. The van der Waals surface area contributed by atoms with Crippen molar-refractivity contribution in [2.45, 2.75) is 58.0 Å². The lowest BCUT2D eigenvalue weighted by Gasteiger charge is -2.25. The van der Waals surface area contributed by atoms with E-state index in [9.17, 15) is 0 Å². The minimum Gasteiger partial charge on any atom is -0.310 e. The predicted molar refractivity (Wildman–Crippen MR) is 70.6 cm³/mol. The third-order valence-corrected chi connectivity index (χ3v) is 3.72. The molecule has 0 aromatic carbocycles. The second kappa shape index (κ2) is 6.75. The number of nitrogens with zero attached hydrogens (tertiary/aromatic N) is 1. The Morgan fingerprint density at radius 3 is 2.94 bits per heavy atom. The molecule has 0 spiro atoms. The maximum absolute atomic E-state index is 4.01. The Labute approximate surface area is 105 Å². The highest BCUT2D eigenvalue weighted by atomic mass is 14.9. The lowest BCUT2D eigenvalue weighted by Crippen LogP contribution is -2.28. The first-order valence-corrected chi connectivity index (χ1v) is 6.89. The van der Waals surface area contributed by atoms with E-state index in [0.717, 1.165) is 18.0 Å². The van der Waals surface area contributed by atoms with Gasteiger partial charge in [0, 0.05) is 18.8 Å². The molecule has 1 atom stereocenters. The highest BCUT2D eigenvalue weighted by molar-refractivity contribution is 5.06. The molecule has 1 N–H and O–H groups in total. The van der Waals surface area contributed by atoms with Gasteiger partial charge in [-0.05, 0) is 30.9 Å². The predicted octanol–water partition coefficient (Wildman–Crippen LogP) is 3.33. The van der Waals surface area contributed by atoms with Crippen LogP contribution in [0.25, 0.3) is 0 Å². The van der Waals surface area contributed by atoms with Gasteiger partial charge in [-0.15, -0.1) is 0 Å². The Morgan fingerprint density at radius 1 is 1.41 bits per heavy atom. The van der Waals surface area contributed by atoms with Crippen LogP contribution in [0.1, 0.15) is 51.0 Å². The lowest BCUT2D eigenvalue weighted by molar-refractivity contribution is 0.304. The Hall–Kier alpha value is -0.890. The summed E-state index contributed by atoms with van der Waals surface area (Å²) in [7, 11) is 0. The maximum atomic E-state index is 4.01. The van der Waals surface area contributed by atoms with E-state index in [4.69, 9.17) is 0 Å². The van der Waals surface area contributed by atoms with Crippen LogP contribution in [0, 0.1) is 12.1 Å². The Balaban J connectivity index is 1.68. The van der Waals surface area contributed by atoms with Crippen LogP contribution in [0.5, 0.6) is 0 Å². The van der Waals surface area contributed by atoms with Crippen LogP contribution in [0.15, 0.2) is 18.3 Å². The van der Waals surface area contributed by atoms with Gasteiger partial charge < -0.3 is 5.32 Å². The van der Waals surface area contributed by atoms with E-state index in [0.29, 0.717) is 6.04 Å². The molecule has 2 heteroatoms. The van der Waals surface area contributed by atoms with E-state index in [1.807, 2.05) is 6.07 Å². The molecule has 1 aromatic heterocycles. The summed E-state index contributed by atoms with van der Waals surface area (Å²) in [4.78, 5) is 4.01. The van der Waals surface area contributed by atoms with Crippen molar-refractivity contribution in [3.8, 4) is 0 Å². The lowest BCUT2D eigenvalue weighted by atomic mass is 9.85. The van der Waals surface area contributed by atoms with Crippen LogP contribution in [0.3, 0.4) is 0 Å². The van der Waals surface area contributed by atoms with Crippen LogP contribution in [0.2, 0.25) is 0 Å². The molecule has 1 aromatic rings. The van der Waals surface area contributed by atoms with Crippen LogP contribution < -0.4 is 5.32 Å². The average molecular weight is 231 g/mol. The molecule has 1 radical (unpaired) electrons. The summed E-state index contributed by atoms with van der Waals surface area (Å²) in [6, 6.07) is 4.65.